The predicted octanol–water partition coefficient (Wildman–Crippen LogP) is 2.76. The van der Waals surface area contributed by atoms with Crippen molar-refractivity contribution in [3.63, 3.8) is 0 Å². The highest BCUT2D eigenvalue weighted by Crippen LogP contribution is 2.47. The summed E-state index contributed by atoms with van der Waals surface area (Å²) in [5.74, 6) is -3.14. The van der Waals surface area contributed by atoms with Gasteiger partial charge in [0.15, 0.2) is 0 Å². The molecule has 1 aliphatic rings. The fourth-order valence-corrected chi connectivity index (χ4v) is 2.75. The summed E-state index contributed by atoms with van der Waals surface area (Å²) in [5, 5.41) is 0. The van der Waals surface area contributed by atoms with E-state index >= 15 is 0 Å². The third-order valence-corrected chi connectivity index (χ3v) is 4.43. The maximum atomic E-state index is 13.3. The zero-order valence-corrected chi connectivity index (χ0v) is 12.6. The summed E-state index contributed by atoms with van der Waals surface area (Å²) < 4.78 is 44.8. The Morgan fingerprint density at radius 1 is 1.27 bits per heavy atom. The maximum Gasteiger partial charge on any atom is 0.392 e. The van der Waals surface area contributed by atoms with Gasteiger partial charge in [0.25, 0.3) is 5.91 Å². The normalized spacial score (nSPS) is 23.3. The minimum Gasteiger partial charge on any atom is -0.497 e. The first-order chi connectivity index (χ1) is 10.0. The van der Waals surface area contributed by atoms with Crippen LogP contribution in [0, 0.1) is 5.92 Å². The fourth-order valence-electron chi connectivity index (χ4n) is 2.75. The number of carbonyl (C=O) groups is 2. The molecule has 1 heterocycles. The number of carbonyl (C=O) groups excluding carboxylic acids is 2. The van der Waals surface area contributed by atoms with Crippen molar-refractivity contribution in [2.24, 2.45) is 5.92 Å². The van der Waals surface area contributed by atoms with Crippen molar-refractivity contribution >= 4 is 11.8 Å². The van der Waals surface area contributed by atoms with Crippen molar-refractivity contribution in [3.05, 3.63) is 29.3 Å². The summed E-state index contributed by atoms with van der Waals surface area (Å²) in [6.07, 6.45) is -4.58. The van der Waals surface area contributed by atoms with Gasteiger partial charge >= 0.3 is 6.18 Å². The van der Waals surface area contributed by atoms with Gasteiger partial charge in [0.05, 0.1) is 18.4 Å². The Balaban J connectivity index is 2.76. The number of benzene rings is 1. The molecule has 2 rings (SSSR count). The average Bonchev–Trinajstić information content (AvgIpc) is 2.48. The van der Waals surface area contributed by atoms with Gasteiger partial charge in [0, 0.05) is 12.6 Å². The number of imide groups is 1. The van der Waals surface area contributed by atoms with Gasteiger partial charge in [-0.15, -0.1) is 0 Å². The number of methoxy groups -OCH3 is 1. The van der Waals surface area contributed by atoms with E-state index in [1.54, 1.807) is 0 Å². The lowest BCUT2D eigenvalue weighted by atomic mass is 9.67. The molecule has 0 saturated carbocycles. The van der Waals surface area contributed by atoms with E-state index < -0.39 is 29.3 Å². The van der Waals surface area contributed by atoms with Crippen LogP contribution in [0.15, 0.2) is 18.2 Å². The molecule has 22 heavy (non-hydrogen) atoms. The molecule has 0 saturated heterocycles. The second-order valence-corrected chi connectivity index (χ2v) is 5.55. The lowest BCUT2D eigenvalue weighted by Crippen LogP contribution is -2.56. The number of rotatable bonds is 2. The van der Waals surface area contributed by atoms with E-state index in [0.29, 0.717) is 5.75 Å². The van der Waals surface area contributed by atoms with Crippen molar-refractivity contribution < 1.29 is 27.5 Å². The van der Waals surface area contributed by atoms with Gasteiger partial charge < -0.3 is 4.74 Å². The Morgan fingerprint density at radius 3 is 2.36 bits per heavy atom. The second kappa shape index (κ2) is 5.00. The van der Waals surface area contributed by atoms with E-state index in [4.69, 9.17) is 4.74 Å². The molecule has 0 aromatic heterocycles. The van der Waals surface area contributed by atoms with Gasteiger partial charge in [0.2, 0.25) is 5.91 Å². The monoisotopic (exact) mass is 315 g/mol. The molecule has 1 aliphatic heterocycles. The summed E-state index contributed by atoms with van der Waals surface area (Å²) in [6, 6.07) is 4.21. The minimum atomic E-state index is -4.58. The van der Waals surface area contributed by atoms with Crippen LogP contribution in [0.1, 0.15) is 29.8 Å². The van der Waals surface area contributed by atoms with Crippen LogP contribution < -0.4 is 4.74 Å². The van der Waals surface area contributed by atoms with Gasteiger partial charge in [-0.1, -0.05) is 6.92 Å². The van der Waals surface area contributed by atoms with E-state index in [-0.39, 0.29) is 11.1 Å². The Kier molecular flexibility index (Phi) is 3.71. The van der Waals surface area contributed by atoms with E-state index in [2.05, 4.69) is 0 Å². The average molecular weight is 315 g/mol. The SMILES string of the molecule is COc1ccc2c(c1)[C@@](C)([C@@H](C)C(F)(F)F)C(=O)N(C)C2=O. The van der Waals surface area contributed by atoms with Crippen LogP contribution in [0.5, 0.6) is 5.75 Å². The Hall–Kier alpha value is -2.05. The molecule has 0 aliphatic carbocycles. The van der Waals surface area contributed by atoms with Crippen molar-refractivity contribution in [3.8, 4) is 5.75 Å². The summed E-state index contributed by atoms with van der Waals surface area (Å²) in [5.41, 5.74) is -1.75. The van der Waals surface area contributed by atoms with E-state index in [9.17, 15) is 22.8 Å². The molecular formula is C15H16F3NO3. The molecule has 2 atom stereocenters. The number of ether oxygens (including phenoxy) is 1. The lowest BCUT2D eigenvalue weighted by molar-refractivity contribution is -0.193. The number of amides is 2. The van der Waals surface area contributed by atoms with Crippen LogP contribution in [0.25, 0.3) is 0 Å². The van der Waals surface area contributed by atoms with Gasteiger partial charge in [-0.2, -0.15) is 13.2 Å². The smallest absolute Gasteiger partial charge is 0.392 e. The molecular weight excluding hydrogens is 299 g/mol. The number of halogens is 3. The molecule has 4 nitrogen and oxygen atoms in total. The number of nitrogens with zero attached hydrogens (tertiary/aromatic N) is 1. The van der Waals surface area contributed by atoms with Crippen LogP contribution in [0.3, 0.4) is 0 Å². The molecule has 0 unspecified atom stereocenters. The topological polar surface area (TPSA) is 46.6 Å². The van der Waals surface area contributed by atoms with Gasteiger partial charge in [-0.3, -0.25) is 14.5 Å². The highest BCUT2D eigenvalue weighted by Gasteiger charge is 2.57. The summed E-state index contributed by atoms with van der Waals surface area (Å²) in [6.45, 7) is 2.17. The van der Waals surface area contributed by atoms with Gasteiger partial charge in [-0.25, -0.2) is 0 Å². The maximum absolute atomic E-state index is 13.3. The number of fused-ring (bicyclic) bond motifs is 1. The zero-order valence-electron chi connectivity index (χ0n) is 12.6. The largest absolute Gasteiger partial charge is 0.497 e. The third-order valence-electron chi connectivity index (χ3n) is 4.43. The van der Waals surface area contributed by atoms with Crippen LogP contribution in [0.2, 0.25) is 0 Å². The van der Waals surface area contributed by atoms with Crippen LogP contribution in [0.4, 0.5) is 13.2 Å². The first-order valence-electron chi connectivity index (χ1n) is 6.62. The molecule has 1 aromatic rings. The lowest BCUT2D eigenvalue weighted by Gasteiger charge is -2.42. The van der Waals surface area contributed by atoms with Gasteiger partial charge in [0.1, 0.15) is 5.75 Å². The Morgan fingerprint density at radius 2 is 1.86 bits per heavy atom. The van der Waals surface area contributed by atoms with Crippen molar-refractivity contribution in [2.75, 3.05) is 14.2 Å². The number of alkyl halides is 3. The molecule has 0 N–H and O–H groups in total. The number of hydrogen-bond donors (Lipinski definition) is 0. The number of likely N-dealkylation sites (N-methyl/N-ethyl adjacent to an activating group) is 1. The van der Waals surface area contributed by atoms with Crippen molar-refractivity contribution in [1.82, 2.24) is 4.90 Å². The molecule has 0 spiro atoms. The summed E-state index contributed by atoms with van der Waals surface area (Å²) in [7, 11) is 2.56. The highest BCUT2D eigenvalue weighted by molar-refractivity contribution is 6.13. The second-order valence-electron chi connectivity index (χ2n) is 5.55. The Bertz CT molecular complexity index is 641. The third kappa shape index (κ3) is 2.15. The molecule has 2 amide bonds. The quantitative estimate of drug-likeness (QED) is 0.789. The molecule has 1 aromatic carbocycles. The standard InChI is InChI=1S/C15H16F3NO3/c1-8(15(16,17)18)14(2)11-7-9(22-4)5-6-10(11)12(20)19(3)13(14)21/h5-8H,1-4H3/t8-,14-/m1/s1. The van der Waals surface area contributed by atoms with E-state index in [1.165, 1.54) is 39.3 Å². The first kappa shape index (κ1) is 16.3. The van der Waals surface area contributed by atoms with Crippen LogP contribution in [-0.2, 0) is 10.2 Å². The molecule has 0 fully saturated rings. The van der Waals surface area contributed by atoms with Crippen LogP contribution >= 0.6 is 0 Å². The molecule has 7 heteroatoms. The summed E-state index contributed by atoms with van der Waals surface area (Å²) in [4.78, 5) is 25.4. The van der Waals surface area contributed by atoms with Crippen molar-refractivity contribution in [1.29, 1.82) is 0 Å². The first-order valence-corrected chi connectivity index (χ1v) is 6.62. The molecule has 0 bridgehead atoms. The predicted molar refractivity (Wildman–Crippen MR) is 72.7 cm³/mol. The molecule has 0 radical (unpaired) electrons. The van der Waals surface area contributed by atoms with Crippen molar-refractivity contribution in [2.45, 2.75) is 25.4 Å². The zero-order chi connectivity index (χ0) is 16.9. The highest BCUT2D eigenvalue weighted by atomic mass is 19.4. The summed E-state index contributed by atoms with van der Waals surface area (Å²) >= 11 is 0. The number of hydrogen-bond acceptors (Lipinski definition) is 3. The van der Waals surface area contributed by atoms with E-state index in [0.717, 1.165) is 11.8 Å². The van der Waals surface area contributed by atoms with Crippen LogP contribution in [-0.4, -0.2) is 37.0 Å². The molecule has 120 valence electrons. The fraction of sp³-hybridized carbons (Fsp3) is 0.467. The minimum absolute atomic E-state index is 0.0461. The Labute approximate surface area is 125 Å². The van der Waals surface area contributed by atoms with Gasteiger partial charge in [-0.05, 0) is 30.7 Å². The van der Waals surface area contributed by atoms with E-state index in [1.807, 2.05) is 0 Å².